The second-order valence-corrected chi connectivity index (χ2v) is 14.9. The number of phenolic OH excluding ortho intramolecular Hbond substituents is 1. The molecule has 1 aliphatic heterocycles. The first-order valence-electron chi connectivity index (χ1n) is 18.1. The molecule has 2 aromatic carbocycles. The van der Waals surface area contributed by atoms with E-state index in [1.165, 1.54) is 28.8 Å². The monoisotopic (exact) mass is 784 g/mol. The van der Waals surface area contributed by atoms with Crippen LogP contribution in [0.2, 0.25) is 0 Å². The molecule has 3 rings (SSSR count). The van der Waals surface area contributed by atoms with E-state index in [0.717, 1.165) is 5.56 Å². The molecule has 0 bridgehead atoms. The Morgan fingerprint density at radius 2 is 1.38 bits per heavy atom. The molecule has 5 amide bonds. The van der Waals surface area contributed by atoms with Crippen LogP contribution in [0.25, 0.3) is 0 Å². The van der Waals surface area contributed by atoms with Crippen molar-refractivity contribution in [3.63, 3.8) is 0 Å². The summed E-state index contributed by atoms with van der Waals surface area (Å²) in [5.74, 6) is -6.09. The van der Waals surface area contributed by atoms with Gasteiger partial charge < -0.3 is 47.2 Å². The Bertz CT molecular complexity index is 1640. The van der Waals surface area contributed by atoms with Gasteiger partial charge in [0.2, 0.25) is 29.5 Å². The van der Waals surface area contributed by atoms with Crippen LogP contribution in [0.4, 0.5) is 0 Å². The van der Waals surface area contributed by atoms with Gasteiger partial charge in [0, 0.05) is 13.0 Å². The summed E-state index contributed by atoms with van der Waals surface area (Å²) in [6, 6.07) is 7.55. The van der Waals surface area contributed by atoms with Crippen LogP contribution in [-0.2, 0) is 46.4 Å². The Hall–Kier alpha value is -5.16. The third kappa shape index (κ3) is 14.2. The smallest absolute Gasteiger partial charge is 0.326 e. The number of carbonyl (C=O) groups excluding carboxylic acids is 5. The van der Waals surface area contributed by atoms with Gasteiger partial charge in [-0.1, -0.05) is 56.3 Å². The van der Waals surface area contributed by atoms with Crippen molar-refractivity contribution in [2.24, 2.45) is 11.7 Å². The molecular weight excluding hydrogens is 733 g/mol. The molecular formula is C38H52N6O10S. The van der Waals surface area contributed by atoms with Crippen molar-refractivity contribution >= 4 is 53.2 Å². The van der Waals surface area contributed by atoms with Gasteiger partial charge in [0.25, 0.3) is 0 Å². The van der Waals surface area contributed by atoms with Gasteiger partial charge in [-0.05, 0) is 73.3 Å². The Balaban J connectivity index is 1.73. The molecule has 0 unspecified atom stereocenters. The van der Waals surface area contributed by atoms with Gasteiger partial charge in [-0.25, -0.2) is 4.79 Å². The minimum atomic E-state index is -1.66. The lowest BCUT2D eigenvalue weighted by Gasteiger charge is -2.29. The van der Waals surface area contributed by atoms with E-state index in [4.69, 9.17) is 5.73 Å². The van der Waals surface area contributed by atoms with Crippen molar-refractivity contribution in [3.8, 4) is 5.75 Å². The van der Waals surface area contributed by atoms with Gasteiger partial charge in [-0.15, -0.1) is 0 Å². The lowest BCUT2D eigenvalue weighted by Crippen LogP contribution is -2.59. The average molecular weight is 785 g/mol. The number of nitrogens with two attached hydrogens (primary N) is 1. The number of amides is 5. The standard InChI is InChI=1S/C38H52N6O10S/c1-22(2)18-28(34(49)43-30(38(53)54)20-23-8-5-4-6-9-23)41-35(50)29(21-32(46)47)42-33(48)27(15-17-55-3)40-36(51)31-10-7-16-44(31)37(52)26(39)19-24-11-13-25(45)14-12-24/h4-6,8-9,11-14,22,26-31,45H,7,10,15-21,39H2,1-3H3,(H,40,51)(H,41,50)(H,42,48)(H,43,49)(H,46,47)(H,53,54)/t26-,27-,28-,29-,30-,31-/m0/s1. The van der Waals surface area contributed by atoms with E-state index >= 15 is 0 Å². The van der Waals surface area contributed by atoms with Crippen LogP contribution in [0, 0.1) is 5.92 Å². The van der Waals surface area contributed by atoms with E-state index < -0.39 is 84.1 Å². The van der Waals surface area contributed by atoms with E-state index in [1.54, 1.807) is 62.6 Å². The van der Waals surface area contributed by atoms with Crippen LogP contribution >= 0.6 is 11.8 Å². The molecule has 1 aliphatic rings. The zero-order valence-corrected chi connectivity index (χ0v) is 32.1. The molecule has 2 aromatic rings. The molecule has 0 spiro atoms. The first-order valence-corrected chi connectivity index (χ1v) is 19.5. The maximum absolute atomic E-state index is 13.7. The molecule has 9 N–H and O–H groups in total. The Labute approximate surface area is 324 Å². The highest BCUT2D eigenvalue weighted by Crippen LogP contribution is 2.20. The maximum atomic E-state index is 13.7. The van der Waals surface area contributed by atoms with Crippen molar-refractivity contribution in [1.29, 1.82) is 0 Å². The number of carboxylic acid groups (broad SMARTS) is 2. The average Bonchev–Trinajstić information content (AvgIpc) is 3.63. The third-order valence-electron chi connectivity index (χ3n) is 9.04. The van der Waals surface area contributed by atoms with Crippen LogP contribution in [0.5, 0.6) is 5.75 Å². The van der Waals surface area contributed by atoms with E-state index in [-0.39, 0.29) is 43.9 Å². The van der Waals surface area contributed by atoms with Crippen molar-refractivity contribution in [2.45, 2.75) is 95.0 Å². The zero-order chi connectivity index (χ0) is 40.7. The number of hydrogen-bond acceptors (Lipinski definition) is 10. The lowest BCUT2D eigenvalue weighted by atomic mass is 10.0. The highest BCUT2D eigenvalue weighted by Gasteiger charge is 2.38. The van der Waals surface area contributed by atoms with Gasteiger partial charge in [0.05, 0.1) is 12.5 Å². The zero-order valence-electron chi connectivity index (χ0n) is 31.2. The van der Waals surface area contributed by atoms with E-state index in [0.29, 0.717) is 24.2 Å². The van der Waals surface area contributed by atoms with Gasteiger partial charge in [-0.2, -0.15) is 11.8 Å². The van der Waals surface area contributed by atoms with E-state index in [1.807, 2.05) is 0 Å². The predicted octanol–water partition coefficient (Wildman–Crippen LogP) is 0.793. The normalized spacial score (nSPS) is 16.6. The molecule has 17 heteroatoms. The highest BCUT2D eigenvalue weighted by atomic mass is 32.2. The maximum Gasteiger partial charge on any atom is 0.326 e. The van der Waals surface area contributed by atoms with Crippen molar-refractivity contribution in [2.75, 3.05) is 18.6 Å². The second kappa shape index (κ2) is 21.7. The van der Waals surface area contributed by atoms with Gasteiger partial charge in [-0.3, -0.25) is 28.8 Å². The van der Waals surface area contributed by atoms with Crippen LogP contribution in [0.1, 0.15) is 57.1 Å². The topological polar surface area (TPSA) is 258 Å². The summed E-state index contributed by atoms with van der Waals surface area (Å²) in [5.41, 5.74) is 7.61. The summed E-state index contributed by atoms with van der Waals surface area (Å²) >= 11 is 1.39. The van der Waals surface area contributed by atoms with Gasteiger partial charge in [0.15, 0.2) is 0 Å². The molecule has 55 heavy (non-hydrogen) atoms. The predicted molar refractivity (Wildman–Crippen MR) is 205 cm³/mol. The highest BCUT2D eigenvalue weighted by molar-refractivity contribution is 7.98. The number of rotatable bonds is 21. The third-order valence-corrected chi connectivity index (χ3v) is 9.68. The number of benzene rings is 2. The van der Waals surface area contributed by atoms with E-state index in [2.05, 4.69) is 21.3 Å². The fourth-order valence-electron chi connectivity index (χ4n) is 6.22. The quantitative estimate of drug-likeness (QED) is 0.0875. The number of aromatic hydroxyl groups is 1. The summed E-state index contributed by atoms with van der Waals surface area (Å²) in [4.78, 5) is 92.9. The molecule has 0 aromatic heterocycles. The molecule has 16 nitrogen and oxygen atoms in total. The molecule has 6 atom stereocenters. The Morgan fingerprint density at radius 3 is 1.98 bits per heavy atom. The number of hydrogen-bond donors (Lipinski definition) is 8. The summed E-state index contributed by atoms with van der Waals surface area (Å²) < 4.78 is 0. The number of aliphatic carboxylic acids is 2. The van der Waals surface area contributed by atoms with Crippen LogP contribution in [-0.4, -0.2) is 116 Å². The Kier molecular flexibility index (Phi) is 17.4. The largest absolute Gasteiger partial charge is 0.508 e. The summed E-state index contributed by atoms with van der Waals surface area (Å²) in [7, 11) is 0. The number of carboxylic acids is 2. The molecule has 1 heterocycles. The van der Waals surface area contributed by atoms with Crippen LogP contribution < -0.4 is 27.0 Å². The molecule has 1 fully saturated rings. The van der Waals surface area contributed by atoms with Gasteiger partial charge >= 0.3 is 11.9 Å². The van der Waals surface area contributed by atoms with Crippen LogP contribution in [0.3, 0.4) is 0 Å². The van der Waals surface area contributed by atoms with Crippen LogP contribution in [0.15, 0.2) is 54.6 Å². The lowest BCUT2D eigenvalue weighted by molar-refractivity contribution is -0.143. The molecule has 0 radical (unpaired) electrons. The fraction of sp³-hybridized carbons (Fsp3) is 0.500. The van der Waals surface area contributed by atoms with E-state index in [9.17, 15) is 48.9 Å². The number of thioether (sulfide) groups is 1. The number of nitrogens with zero attached hydrogens (tertiary/aromatic N) is 1. The minimum absolute atomic E-state index is 0.0233. The second-order valence-electron chi connectivity index (χ2n) is 13.9. The Morgan fingerprint density at radius 1 is 0.800 bits per heavy atom. The number of carbonyl (C=O) groups is 7. The fourth-order valence-corrected chi connectivity index (χ4v) is 6.69. The molecule has 300 valence electrons. The first-order chi connectivity index (χ1) is 26.1. The van der Waals surface area contributed by atoms with Crippen molar-refractivity contribution in [1.82, 2.24) is 26.2 Å². The summed E-state index contributed by atoms with van der Waals surface area (Å²) in [6.07, 6.45) is 2.10. The van der Waals surface area contributed by atoms with Gasteiger partial charge in [0.1, 0.15) is 36.0 Å². The first kappa shape index (κ1) is 44.2. The number of phenols is 1. The minimum Gasteiger partial charge on any atom is -0.508 e. The summed E-state index contributed by atoms with van der Waals surface area (Å²) in [6.45, 7) is 3.83. The van der Waals surface area contributed by atoms with Crippen molar-refractivity contribution in [3.05, 3.63) is 65.7 Å². The van der Waals surface area contributed by atoms with Crippen molar-refractivity contribution < 1.29 is 48.9 Å². The summed E-state index contributed by atoms with van der Waals surface area (Å²) in [5, 5.41) is 39.1. The molecule has 1 saturated heterocycles. The number of nitrogens with one attached hydrogen (secondary N) is 4. The SMILES string of the molecule is CSCC[C@H](NC(=O)[C@@H]1CCCN1C(=O)[C@@H](N)Cc1ccc(O)cc1)C(=O)N[C@@H](CC(=O)O)C(=O)N[C@@H](CC(C)C)C(=O)N[C@@H](Cc1ccccc1)C(=O)O. The molecule has 0 saturated carbocycles. The molecule has 0 aliphatic carbocycles. The number of likely N-dealkylation sites (tertiary alicyclic amines) is 1.